The number of hydrogen-bond donors (Lipinski definition) is 0. The first-order chi connectivity index (χ1) is 10.8. The number of halogens is 6. The summed E-state index contributed by atoms with van der Waals surface area (Å²) in [5.74, 6) is -11.2. The molecule has 0 unspecified atom stereocenters. The van der Waals surface area contributed by atoms with Crippen molar-refractivity contribution >= 4 is 18.2 Å². The summed E-state index contributed by atoms with van der Waals surface area (Å²) in [7, 11) is 2.29. The normalized spacial score (nSPS) is 10.6. The van der Waals surface area contributed by atoms with Gasteiger partial charge in [-0.05, 0) is 10.9 Å². The smallest absolute Gasteiger partial charge is 0.207 e. The largest absolute Gasteiger partial charge is 0.497 e. The maximum Gasteiger partial charge on any atom is 0.207 e. The molecule has 23 heavy (non-hydrogen) atoms. The van der Waals surface area contributed by atoms with Crippen LogP contribution in [0.4, 0.5) is 26.3 Å². The Labute approximate surface area is 127 Å². The molecule has 0 fully saturated rings. The van der Waals surface area contributed by atoms with Crippen molar-refractivity contribution in [1.82, 2.24) is 0 Å². The molecule has 1 radical (unpaired) electrons. The molecule has 2 nitrogen and oxygen atoms in total. The van der Waals surface area contributed by atoms with Gasteiger partial charge in [0, 0.05) is 12.1 Å². The lowest BCUT2D eigenvalue weighted by Gasteiger charge is -2.12. The van der Waals surface area contributed by atoms with Crippen LogP contribution in [0.25, 0.3) is 0 Å². The Bertz CT molecular complexity index is 713. The summed E-state index contributed by atoms with van der Waals surface area (Å²) in [5, 5.41) is 0. The van der Waals surface area contributed by atoms with Gasteiger partial charge in [-0.25, -0.2) is 17.6 Å². The fourth-order valence-corrected chi connectivity index (χ4v) is 1.90. The van der Waals surface area contributed by atoms with Crippen LogP contribution < -0.4 is 20.4 Å². The molecule has 0 saturated carbocycles. The first-order valence-corrected chi connectivity index (χ1v) is 6.09. The Kier molecular flexibility index (Phi) is 4.77. The van der Waals surface area contributed by atoms with Crippen LogP contribution in [0.5, 0.6) is 11.5 Å². The summed E-state index contributed by atoms with van der Waals surface area (Å²) in [6, 6.07) is 1.50. The van der Waals surface area contributed by atoms with Crippen LogP contribution in [0.2, 0.25) is 0 Å². The monoisotopic (exact) mass is 333 g/mol. The SMILES string of the molecule is COc1cc(F)c([B]c2c(F)c(F)c(OC)c(F)c2F)c(F)c1. The zero-order chi connectivity index (χ0) is 17.3. The molecule has 121 valence electrons. The van der Waals surface area contributed by atoms with Gasteiger partial charge >= 0.3 is 0 Å². The van der Waals surface area contributed by atoms with Crippen LogP contribution in [0.15, 0.2) is 12.1 Å². The van der Waals surface area contributed by atoms with Crippen molar-refractivity contribution in [2.75, 3.05) is 14.2 Å². The molecule has 0 amide bonds. The van der Waals surface area contributed by atoms with Gasteiger partial charge in [-0.2, -0.15) is 8.78 Å². The molecule has 2 aromatic carbocycles. The zero-order valence-corrected chi connectivity index (χ0v) is 11.8. The predicted molar refractivity (Wildman–Crippen MR) is 70.8 cm³/mol. The molecule has 0 bridgehead atoms. The average molecular weight is 333 g/mol. The van der Waals surface area contributed by atoms with Gasteiger partial charge in [-0.1, -0.05) is 0 Å². The molecule has 2 rings (SSSR count). The van der Waals surface area contributed by atoms with E-state index < -0.39 is 51.6 Å². The predicted octanol–water partition coefficient (Wildman–Crippen LogP) is 2.19. The molecular formula is C14H8BF6O2. The van der Waals surface area contributed by atoms with E-state index in [9.17, 15) is 26.3 Å². The van der Waals surface area contributed by atoms with Gasteiger partial charge in [0.2, 0.25) is 18.9 Å². The van der Waals surface area contributed by atoms with E-state index in [1.807, 2.05) is 0 Å². The number of benzene rings is 2. The lowest BCUT2D eigenvalue weighted by molar-refractivity contribution is 0.335. The van der Waals surface area contributed by atoms with Crippen LogP contribution in [0.3, 0.4) is 0 Å². The maximum atomic E-state index is 13.8. The minimum atomic E-state index is -1.84. The highest BCUT2D eigenvalue weighted by Gasteiger charge is 2.28. The third-order valence-corrected chi connectivity index (χ3v) is 3.04. The molecular weight excluding hydrogens is 325 g/mol. The molecule has 0 N–H and O–H groups in total. The number of hydrogen-bond acceptors (Lipinski definition) is 2. The van der Waals surface area contributed by atoms with Crippen LogP contribution in [0, 0.1) is 34.9 Å². The molecule has 0 heterocycles. The van der Waals surface area contributed by atoms with E-state index in [0.717, 1.165) is 26.4 Å². The Morgan fingerprint density at radius 2 is 1.17 bits per heavy atom. The van der Waals surface area contributed by atoms with Crippen molar-refractivity contribution in [3.63, 3.8) is 0 Å². The van der Waals surface area contributed by atoms with Crippen molar-refractivity contribution in [2.24, 2.45) is 0 Å². The van der Waals surface area contributed by atoms with E-state index in [1.54, 1.807) is 0 Å². The lowest BCUT2D eigenvalue weighted by Crippen LogP contribution is -2.37. The molecule has 9 heteroatoms. The van der Waals surface area contributed by atoms with E-state index in [2.05, 4.69) is 9.47 Å². The third kappa shape index (κ3) is 2.95. The lowest BCUT2D eigenvalue weighted by atomic mass is 9.63. The third-order valence-electron chi connectivity index (χ3n) is 3.04. The van der Waals surface area contributed by atoms with E-state index in [1.165, 1.54) is 0 Å². The molecule has 0 atom stereocenters. The molecule has 0 spiro atoms. The highest BCUT2D eigenvalue weighted by molar-refractivity contribution is 6.67. The first kappa shape index (κ1) is 17.0. The van der Waals surface area contributed by atoms with Crippen molar-refractivity contribution < 1.29 is 35.8 Å². The van der Waals surface area contributed by atoms with Gasteiger partial charge in [0.1, 0.15) is 17.4 Å². The standard InChI is InChI=1S/C14H8BF6O2/c1-22-5-3-6(16)8(7(17)4-5)15-9-10(18)12(20)14(23-2)13(21)11(9)19/h3-4H,1-2H3. The highest BCUT2D eigenvalue weighted by atomic mass is 19.2. The quantitative estimate of drug-likeness (QED) is 0.485. The van der Waals surface area contributed by atoms with Gasteiger partial charge in [0.25, 0.3) is 0 Å². The number of rotatable bonds is 4. The fourth-order valence-electron chi connectivity index (χ4n) is 1.90. The Hall–Kier alpha value is -2.32. The zero-order valence-electron chi connectivity index (χ0n) is 11.8. The topological polar surface area (TPSA) is 18.5 Å². The molecule has 0 aliphatic rings. The fraction of sp³-hybridized carbons (Fsp3) is 0.143. The van der Waals surface area contributed by atoms with Crippen LogP contribution in [-0.2, 0) is 0 Å². The van der Waals surface area contributed by atoms with Crippen LogP contribution in [0.1, 0.15) is 0 Å². The van der Waals surface area contributed by atoms with Crippen molar-refractivity contribution in [3.05, 3.63) is 47.0 Å². The minimum absolute atomic E-state index is 0.176. The van der Waals surface area contributed by atoms with Gasteiger partial charge in [-0.3, -0.25) is 0 Å². The van der Waals surface area contributed by atoms with Gasteiger partial charge in [-0.15, -0.1) is 0 Å². The van der Waals surface area contributed by atoms with Gasteiger partial charge in [0.15, 0.2) is 17.4 Å². The second-order valence-electron chi connectivity index (χ2n) is 4.35. The summed E-state index contributed by atoms with van der Waals surface area (Å²) in [5.41, 5.74) is -2.16. The molecule has 0 aliphatic carbocycles. The van der Waals surface area contributed by atoms with E-state index in [-0.39, 0.29) is 5.75 Å². The van der Waals surface area contributed by atoms with Crippen molar-refractivity contribution in [3.8, 4) is 11.5 Å². The first-order valence-electron chi connectivity index (χ1n) is 6.09. The Morgan fingerprint density at radius 3 is 1.57 bits per heavy atom. The van der Waals surface area contributed by atoms with Crippen molar-refractivity contribution in [1.29, 1.82) is 0 Å². The average Bonchev–Trinajstić information content (AvgIpc) is 2.52. The van der Waals surface area contributed by atoms with Crippen molar-refractivity contribution in [2.45, 2.75) is 0 Å². The van der Waals surface area contributed by atoms with Crippen LogP contribution >= 0.6 is 0 Å². The molecule has 0 aromatic heterocycles. The van der Waals surface area contributed by atoms with Gasteiger partial charge in [0.05, 0.1) is 14.2 Å². The summed E-state index contributed by atoms with van der Waals surface area (Å²) in [6.07, 6.45) is 0. The van der Waals surface area contributed by atoms with E-state index >= 15 is 0 Å². The van der Waals surface area contributed by atoms with Crippen LogP contribution in [-0.4, -0.2) is 21.5 Å². The second-order valence-corrected chi connectivity index (χ2v) is 4.35. The number of methoxy groups -OCH3 is 2. The molecule has 2 aromatic rings. The summed E-state index contributed by atoms with van der Waals surface area (Å²) in [4.78, 5) is 0. The van der Waals surface area contributed by atoms with Gasteiger partial charge < -0.3 is 9.47 Å². The maximum absolute atomic E-state index is 13.8. The Balaban J connectivity index is 2.58. The molecule has 0 aliphatic heterocycles. The summed E-state index contributed by atoms with van der Waals surface area (Å²) < 4.78 is 91.2. The minimum Gasteiger partial charge on any atom is -0.497 e. The second kappa shape index (κ2) is 6.43. The number of ether oxygens (including phenoxy) is 2. The molecule has 0 saturated heterocycles. The summed E-state index contributed by atoms with van der Waals surface area (Å²) in [6.45, 7) is 0. The highest BCUT2D eigenvalue weighted by Crippen LogP contribution is 2.24. The van der Waals surface area contributed by atoms with E-state index in [0.29, 0.717) is 7.28 Å². The van der Waals surface area contributed by atoms with E-state index in [4.69, 9.17) is 0 Å². The Morgan fingerprint density at radius 1 is 0.696 bits per heavy atom. The summed E-state index contributed by atoms with van der Waals surface area (Å²) >= 11 is 0.